The molecule has 0 atom stereocenters. The van der Waals surface area contributed by atoms with Crippen LogP contribution in [0.3, 0.4) is 0 Å². The van der Waals surface area contributed by atoms with Gasteiger partial charge in [0.2, 0.25) is 5.89 Å². The van der Waals surface area contributed by atoms with Crippen molar-refractivity contribution in [3.05, 3.63) is 45.8 Å². The van der Waals surface area contributed by atoms with Crippen molar-refractivity contribution in [1.29, 1.82) is 0 Å². The van der Waals surface area contributed by atoms with E-state index in [1.54, 1.807) is 6.92 Å². The molecule has 100 valence electrons. The summed E-state index contributed by atoms with van der Waals surface area (Å²) in [6.45, 7) is 2.02. The first-order valence-electron chi connectivity index (χ1n) is 5.53. The Morgan fingerprint density at radius 3 is 2.95 bits per heavy atom. The minimum atomic E-state index is -0.571. The van der Waals surface area contributed by atoms with E-state index >= 15 is 0 Å². The maximum atomic E-state index is 13.1. The van der Waals surface area contributed by atoms with Gasteiger partial charge in [-0.1, -0.05) is 5.16 Å². The average Bonchev–Trinajstić information content (AvgIpc) is 2.75. The molecule has 2 aromatic rings. The number of nitro benzene ring substituents is 1. The molecule has 2 rings (SSSR count). The van der Waals surface area contributed by atoms with E-state index in [2.05, 4.69) is 15.5 Å². The molecular weight excluding hydrogens is 255 g/mol. The van der Waals surface area contributed by atoms with Gasteiger partial charge in [0, 0.05) is 25.1 Å². The largest absolute Gasteiger partial charge is 0.379 e. The molecule has 7 nitrogen and oxygen atoms in total. The second-order valence-corrected chi connectivity index (χ2v) is 3.83. The molecule has 0 fully saturated rings. The van der Waals surface area contributed by atoms with Gasteiger partial charge in [-0.15, -0.1) is 0 Å². The number of nitrogens with zero attached hydrogens (tertiary/aromatic N) is 3. The van der Waals surface area contributed by atoms with E-state index in [0.29, 0.717) is 24.7 Å². The third kappa shape index (κ3) is 3.24. The summed E-state index contributed by atoms with van der Waals surface area (Å²) in [7, 11) is 0. The van der Waals surface area contributed by atoms with Crippen LogP contribution in [-0.2, 0) is 6.42 Å². The smallest absolute Gasteiger partial charge is 0.292 e. The van der Waals surface area contributed by atoms with Gasteiger partial charge in [-0.25, -0.2) is 4.39 Å². The summed E-state index contributed by atoms with van der Waals surface area (Å²) < 4.78 is 18.0. The molecule has 19 heavy (non-hydrogen) atoms. The first-order chi connectivity index (χ1) is 9.06. The highest BCUT2D eigenvalue weighted by Crippen LogP contribution is 2.24. The van der Waals surface area contributed by atoms with Crippen LogP contribution >= 0.6 is 0 Å². The first-order valence-corrected chi connectivity index (χ1v) is 5.53. The Morgan fingerprint density at radius 2 is 2.32 bits per heavy atom. The molecule has 0 spiro atoms. The van der Waals surface area contributed by atoms with E-state index in [1.165, 1.54) is 0 Å². The molecule has 1 aromatic carbocycles. The molecule has 1 aromatic heterocycles. The Morgan fingerprint density at radius 1 is 1.53 bits per heavy atom. The fourth-order valence-corrected chi connectivity index (χ4v) is 1.55. The van der Waals surface area contributed by atoms with Crippen LogP contribution in [0, 0.1) is 22.9 Å². The molecule has 0 aliphatic carbocycles. The van der Waals surface area contributed by atoms with Gasteiger partial charge in [0.25, 0.3) is 5.69 Å². The molecule has 1 N–H and O–H groups in total. The maximum Gasteiger partial charge on any atom is 0.292 e. The number of anilines is 1. The third-order valence-corrected chi connectivity index (χ3v) is 2.38. The first kappa shape index (κ1) is 12.9. The summed E-state index contributed by atoms with van der Waals surface area (Å²) in [5, 5.41) is 17.2. The molecule has 0 unspecified atom stereocenters. The number of hydrogen-bond donors (Lipinski definition) is 1. The van der Waals surface area contributed by atoms with Crippen LogP contribution in [0.1, 0.15) is 11.7 Å². The predicted octanol–water partition coefficient (Wildman–Crippen LogP) is 2.08. The van der Waals surface area contributed by atoms with E-state index < -0.39 is 10.7 Å². The van der Waals surface area contributed by atoms with Gasteiger partial charge < -0.3 is 9.84 Å². The van der Waals surface area contributed by atoms with Crippen LogP contribution in [0.5, 0.6) is 0 Å². The minimum Gasteiger partial charge on any atom is -0.379 e. The second-order valence-electron chi connectivity index (χ2n) is 3.83. The number of aromatic nitrogens is 2. The topological polar surface area (TPSA) is 94.1 Å². The molecule has 0 saturated carbocycles. The van der Waals surface area contributed by atoms with Crippen LogP contribution in [0.2, 0.25) is 0 Å². The summed E-state index contributed by atoms with van der Waals surface area (Å²) in [5.74, 6) is 0.400. The lowest BCUT2D eigenvalue weighted by molar-refractivity contribution is -0.384. The Labute approximate surface area is 107 Å². The van der Waals surface area contributed by atoms with Crippen molar-refractivity contribution in [2.24, 2.45) is 0 Å². The quantitative estimate of drug-likeness (QED) is 0.657. The highest BCUT2D eigenvalue weighted by molar-refractivity contribution is 5.61. The number of halogens is 1. The Balaban J connectivity index is 2.02. The highest BCUT2D eigenvalue weighted by Gasteiger charge is 2.14. The zero-order chi connectivity index (χ0) is 13.8. The van der Waals surface area contributed by atoms with Crippen molar-refractivity contribution in [3.8, 4) is 0 Å². The summed E-state index contributed by atoms with van der Waals surface area (Å²) in [6, 6.07) is 3.25. The number of rotatable bonds is 5. The lowest BCUT2D eigenvalue weighted by Gasteiger charge is -2.05. The van der Waals surface area contributed by atoms with E-state index in [9.17, 15) is 14.5 Å². The molecule has 0 amide bonds. The van der Waals surface area contributed by atoms with E-state index in [-0.39, 0.29) is 11.4 Å². The monoisotopic (exact) mass is 266 g/mol. The normalized spacial score (nSPS) is 10.4. The summed E-state index contributed by atoms with van der Waals surface area (Å²) in [6.07, 6.45) is 0.397. The fraction of sp³-hybridized carbons (Fsp3) is 0.273. The predicted molar refractivity (Wildman–Crippen MR) is 64.3 cm³/mol. The van der Waals surface area contributed by atoms with Crippen LogP contribution in [0.25, 0.3) is 0 Å². The van der Waals surface area contributed by atoms with Crippen molar-refractivity contribution in [2.45, 2.75) is 13.3 Å². The molecule has 0 radical (unpaired) electrons. The zero-order valence-corrected chi connectivity index (χ0v) is 10.1. The number of benzene rings is 1. The number of nitrogens with one attached hydrogen (secondary N) is 1. The molecule has 0 saturated heterocycles. The van der Waals surface area contributed by atoms with Crippen LogP contribution in [-0.4, -0.2) is 21.6 Å². The van der Waals surface area contributed by atoms with Gasteiger partial charge in [0.1, 0.15) is 11.5 Å². The van der Waals surface area contributed by atoms with E-state index in [0.717, 1.165) is 18.2 Å². The molecule has 0 aliphatic heterocycles. The van der Waals surface area contributed by atoms with Crippen molar-refractivity contribution in [3.63, 3.8) is 0 Å². The lowest BCUT2D eigenvalue weighted by Crippen LogP contribution is -2.07. The standard InChI is InChI=1S/C11H11FN4O3/c1-7-14-11(19-15-7)4-5-13-9-6-8(12)2-3-10(9)16(17)18/h2-3,6,13H,4-5H2,1H3. The van der Waals surface area contributed by atoms with Crippen molar-refractivity contribution >= 4 is 11.4 Å². The Kier molecular flexibility index (Phi) is 3.69. The summed E-state index contributed by atoms with van der Waals surface area (Å²) in [4.78, 5) is 14.2. The van der Waals surface area contributed by atoms with Crippen LogP contribution in [0.4, 0.5) is 15.8 Å². The molecule has 0 aliphatic rings. The zero-order valence-electron chi connectivity index (χ0n) is 10.1. The highest BCUT2D eigenvalue weighted by atomic mass is 19.1. The summed E-state index contributed by atoms with van der Waals surface area (Å²) in [5.41, 5.74) is -0.0515. The molecule has 8 heteroatoms. The van der Waals surface area contributed by atoms with E-state index in [1.807, 2.05) is 0 Å². The SMILES string of the molecule is Cc1noc(CCNc2cc(F)ccc2[N+](=O)[O-])n1. The Hall–Kier alpha value is -2.51. The van der Waals surface area contributed by atoms with Gasteiger partial charge >= 0.3 is 0 Å². The summed E-state index contributed by atoms with van der Waals surface area (Å²) >= 11 is 0. The fourth-order valence-electron chi connectivity index (χ4n) is 1.55. The number of hydrogen-bond acceptors (Lipinski definition) is 6. The van der Waals surface area contributed by atoms with Gasteiger partial charge in [-0.2, -0.15) is 4.98 Å². The number of nitro groups is 1. The van der Waals surface area contributed by atoms with Crippen LogP contribution in [0.15, 0.2) is 22.7 Å². The molecule has 0 bridgehead atoms. The van der Waals surface area contributed by atoms with Gasteiger partial charge in [0.05, 0.1) is 4.92 Å². The van der Waals surface area contributed by atoms with Crippen LogP contribution < -0.4 is 5.32 Å². The molecular formula is C11H11FN4O3. The number of aryl methyl sites for hydroxylation is 1. The van der Waals surface area contributed by atoms with Crippen molar-refractivity contribution in [1.82, 2.24) is 10.1 Å². The van der Waals surface area contributed by atoms with Crippen molar-refractivity contribution < 1.29 is 13.8 Å². The third-order valence-electron chi connectivity index (χ3n) is 2.38. The Bertz CT molecular complexity index is 599. The lowest BCUT2D eigenvalue weighted by atomic mass is 10.2. The maximum absolute atomic E-state index is 13.1. The second kappa shape index (κ2) is 5.42. The molecule has 1 heterocycles. The van der Waals surface area contributed by atoms with Gasteiger partial charge in [0.15, 0.2) is 5.82 Å². The van der Waals surface area contributed by atoms with Gasteiger partial charge in [-0.3, -0.25) is 10.1 Å². The van der Waals surface area contributed by atoms with Crippen molar-refractivity contribution in [2.75, 3.05) is 11.9 Å². The minimum absolute atomic E-state index is 0.126. The van der Waals surface area contributed by atoms with Gasteiger partial charge in [-0.05, 0) is 13.0 Å². The average molecular weight is 266 g/mol. The van der Waals surface area contributed by atoms with E-state index in [4.69, 9.17) is 4.52 Å².